The highest BCUT2D eigenvalue weighted by atomic mass is 16.5. The zero-order chi connectivity index (χ0) is 85.2. The number of benzene rings is 8. The molecule has 0 radical (unpaired) electrons. The van der Waals surface area contributed by atoms with Crippen molar-refractivity contribution in [3.63, 3.8) is 0 Å². The van der Waals surface area contributed by atoms with Gasteiger partial charge in [0.25, 0.3) is 0 Å². The Morgan fingerprint density at radius 1 is 0.242 bits per heavy atom. The Morgan fingerprint density at radius 3 is 0.653 bits per heavy atom. The predicted octanol–water partition coefficient (Wildman–Crippen LogP) is 25.5. The largest absolute Gasteiger partial charge is 0.494 e. The smallest absolute Gasteiger partial charge is 0.119 e. The number of unbranched alkanes of at least 4 members (excludes halogenated alkanes) is 12. The third-order valence-corrected chi connectivity index (χ3v) is 22.1. The molecule has 8 bridgehead atoms. The van der Waals surface area contributed by atoms with Crippen molar-refractivity contribution in [2.45, 2.75) is 155 Å². The van der Waals surface area contributed by atoms with Gasteiger partial charge in [0.05, 0.1) is 75.4 Å². The van der Waals surface area contributed by atoms with Gasteiger partial charge in [0.1, 0.15) is 23.0 Å². The topological polar surface area (TPSA) is 337 Å². The van der Waals surface area contributed by atoms with Gasteiger partial charge < -0.3 is 50.2 Å². The van der Waals surface area contributed by atoms with E-state index >= 15 is 0 Å². The maximum absolute atomic E-state index is 8.68. The summed E-state index contributed by atoms with van der Waals surface area (Å²) >= 11 is 0. The molecule has 2 aliphatic rings. The van der Waals surface area contributed by atoms with E-state index in [-0.39, 0.29) is 0 Å². The summed E-state index contributed by atoms with van der Waals surface area (Å²) in [6, 6.07) is 75.1. The Hall–Kier alpha value is -13.4. The summed E-state index contributed by atoms with van der Waals surface area (Å²) in [5.41, 5.74) is 57.9. The molecule has 5 heterocycles. The first-order valence-electron chi connectivity index (χ1n) is 43.6. The fourth-order valence-corrected chi connectivity index (χ4v) is 15.3. The highest BCUT2D eigenvalue weighted by molar-refractivity contribution is 6.00. The number of fused-ring (bicyclic) bond motifs is 8. The monoisotopic (exact) mass is 1650 g/mol. The summed E-state index contributed by atoms with van der Waals surface area (Å²) in [5, 5.41) is 29.0. The second-order valence-corrected chi connectivity index (χ2v) is 31.2. The Morgan fingerprint density at radius 2 is 0.444 bits per heavy atom. The summed E-state index contributed by atoms with van der Waals surface area (Å²) in [6.45, 7) is 10.8. The predicted molar refractivity (Wildman–Crippen MR) is 500 cm³/mol. The van der Waals surface area contributed by atoms with Crippen LogP contribution in [0.4, 0.5) is 0 Å². The summed E-state index contributed by atoms with van der Waals surface area (Å²) in [5.74, 6) is 3.22. The van der Waals surface area contributed by atoms with E-state index in [0.29, 0.717) is 52.6 Å². The van der Waals surface area contributed by atoms with Crippen molar-refractivity contribution in [3.05, 3.63) is 327 Å². The Balaban J connectivity index is 0.747. The van der Waals surface area contributed by atoms with E-state index < -0.39 is 0 Å². The minimum atomic E-state index is 0.360. The first-order chi connectivity index (χ1) is 61.3. The summed E-state index contributed by atoms with van der Waals surface area (Å²) in [7, 11) is 0. The van der Waals surface area contributed by atoms with Crippen LogP contribution in [0.25, 0.3) is 133 Å². The van der Waals surface area contributed by atoms with Gasteiger partial charge in [-0.15, -0.1) is 0 Å². The van der Waals surface area contributed by atoms with Crippen LogP contribution in [-0.4, -0.2) is 72.5 Å². The molecule has 13 rings (SSSR count). The molecule has 6 N–H and O–H groups in total. The maximum Gasteiger partial charge on any atom is 0.119 e. The number of nitrogens with zero attached hydrogens (tertiary/aromatic N) is 14. The van der Waals surface area contributed by atoms with Gasteiger partial charge in [-0.2, -0.15) is 0 Å². The summed E-state index contributed by atoms with van der Waals surface area (Å²) in [6.07, 6.45) is 25.2. The molecular weight excluding hydrogens is 1550 g/mol. The van der Waals surface area contributed by atoms with E-state index in [1.165, 1.54) is 22.3 Å². The molecule has 0 saturated heterocycles. The first kappa shape index (κ1) is 88.4. The van der Waals surface area contributed by atoms with Crippen LogP contribution >= 0.6 is 0 Å². The van der Waals surface area contributed by atoms with E-state index in [9.17, 15) is 0 Å². The van der Waals surface area contributed by atoms with Crippen molar-refractivity contribution in [1.29, 1.82) is 0 Å². The zero-order valence-corrected chi connectivity index (χ0v) is 70.6. The van der Waals surface area contributed by atoms with Gasteiger partial charge in [0.2, 0.25) is 0 Å². The van der Waals surface area contributed by atoms with E-state index in [1.54, 1.807) is 0 Å². The van der Waals surface area contributed by atoms with Crippen LogP contribution in [0, 0.1) is 0 Å². The lowest BCUT2D eigenvalue weighted by molar-refractivity contribution is 0.304. The van der Waals surface area contributed by atoms with Gasteiger partial charge in [-0.25, -0.2) is 9.97 Å². The highest BCUT2D eigenvalue weighted by Gasteiger charge is 2.21. The van der Waals surface area contributed by atoms with Crippen molar-refractivity contribution in [2.24, 2.45) is 20.5 Å². The molecule has 11 aromatic rings. The normalized spacial score (nSPS) is 11.4. The molecule has 24 nitrogen and oxygen atoms in total. The number of ether oxygens (including phenoxy) is 4. The van der Waals surface area contributed by atoms with Crippen LogP contribution in [0.2, 0.25) is 0 Å². The average molecular weight is 1660 g/mol. The SMILES string of the molecule is [N-]=[N+]=NCc1ccc(CNCCCCCCOc2ccc(-c3c4nc(c(-c5ccc(OCCCCCCNCc6ccc(CN=[N+]=[N-])cc6)cc5)c5ccc([nH]5)c(-c5ccc(OCCCCCCNCc6ccc(CN=[N+]=[N-])cc6)cc5)c5nc(c(-c6ccc(OCCCCCCNCc7ccc(CN=[N+]=[N-])cc7)cc6)c6ccc3[nH]6)C=C5)C=C4)cc2)cc1. The number of rotatable bonds is 52. The molecule has 0 spiro atoms. The van der Waals surface area contributed by atoms with E-state index in [2.05, 4.69) is 266 Å². The lowest BCUT2D eigenvalue weighted by atomic mass is 10.0. The molecule has 124 heavy (non-hydrogen) atoms. The number of H-pyrrole nitrogens is 2. The minimum Gasteiger partial charge on any atom is -0.494 e. The van der Waals surface area contributed by atoms with Crippen LogP contribution < -0.4 is 40.2 Å². The fourth-order valence-electron chi connectivity index (χ4n) is 15.3. The molecule has 24 heteroatoms. The number of aromatic nitrogens is 4. The van der Waals surface area contributed by atoms with E-state index in [0.717, 1.165) is 290 Å². The number of azide groups is 4. The number of hydrogen-bond donors (Lipinski definition) is 6. The van der Waals surface area contributed by atoms with E-state index in [1.807, 2.05) is 48.5 Å². The molecule has 634 valence electrons. The lowest BCUT2D eigenvalue weighted by Gasteiger charge is -2.10. The Labute approximate surface area is 725 Å². The van der Waals surface area contributed by atoms with E-state index in [4.69, 9.17) is 51.0 Å². The first-order valence-corrected chi connectivity index (χ1v) is 43.6. The average Bonchev–Trinajstić information content (AvgIpc) is 1.61. The second kappa shape index (κ2) is 48.9. The van der Waals surface area contributed by atoms with Crippen LogP contribution in [0.1, 0.15) is 170 Å². The van der Waals surface area contributed by atoms with Gasteiger partial charge in [0, 0.05) is 90.1 Å². The summed E-state index contributed by atoms with van der Waals surface area (Å²) in [4.78, 5) is 30.7. The van der Waals surface area contributed by atoms with Crippen molar-refractivity contribution in [2.75, 3.05) is 52.6 Å². The van der Waals surface area contributed by atoms with Crippen molar-refractivity contribution < 1.29 is 18.9 Å². The van der Waals surface area contributed by atoms with Crippen LogP contribution in [-0.2, 0) is 52.4 Å². The molecule has 8 aromatic carbocycles. The molecule has 3 aromatic heterocycles. The van der Waals surface area contributed by atoms with Gasteiger partial charge in [-0.1, -0.05) is 217 Å². The standard InChI is InChI=1S/C100H110N20O4/c101-117-109-69-77-25-17-73(18-26-77)65-105-57-9-1-5-13-61-121-85-41-33-81(34-42-85)97-89-49-51-91(113-89)98(82-35-43-86(44-36-82)122-62-14-6-2-10-58-106-66-74-19-27-78(28-20-74)70-110-118-102)93-53-55-95(115-93)100(84-39-47-88(48-40-84)124-64-16-8-4-12-60-108-68-76-23-31-80(32-24-76)72-112-120-104)96-56-54-94(116-96)99(92-52-50-90(97)114-92)83-37-45-87(46-38-83)123-63-15-7-3-11-59-107-67-75-21-29-79(30-22-75)71-111-119-103/h17-56,105-108,113,116H,1-16,57-72H2. The molecule has 0 atom stereocenters. The lowest BCUT2D eigenvalue weighted by Crippen LogP contribution is -2.14. The molecule has 2 aliphatic heterocycles. The highest BCUT2D eigenvalue weighted by Crippen LogP contribution is 2.40. The van der Waals surface area contributed by atoms with Crippen molar-refractivity contribution in [1.82, 2.24) is 41.2 Å². The van der Waals surface area contributed by atoms with Gasteiger partial charge in [-0.3, -0.25) is 0 Å². The van der Waals surface area contributed by atoms with Crippen molar-refractivity contribution >= 4 is 46.4 Å². The zero-order valence-electron chi connectivity index (χ0n) is 70.6. The Bertz CT molecular complexity index is 4960. The molecule has 0 amide bonds. The maximum atomic E-state index is 8.68. The third kappa shape index (κ3) is 27.3. The number of aromatic amines is 2. The van der Waals surface area contributed by atoms with Crippen LogP contribution in [0.5, 0.6) is 23.0 Å². The summed E-state index contributed by atoms with van der Waals surface area (Å²) < 4.78 is 25.8. The minimum absolute atomic E-state index is 0.360. The molecule has 0 saturated carbocycles. The van der Waals surface area contributed by atoms with Crippen molar-refractivity contribution in [3.8, 4) is 67.5 Å². The Kier molecular flexibility index (Phi) is 34.9. The van der Waals surface area contributed by atoms with Gasteiger partial charge in [-0.05, 0) is 264 Å². The van der Waals surface area contributed by atoms with Crippen LogP contribution in [0.3, 0.4) is 0 Å². The molecule has 0 unspecified atom stereocenters. The van der Waals surface area contributed by atoms with Crippen LogP contribution in [0.15, 0.2) is 239 Å². The fraction of sp³-hybridized carbons (Fsp3) is 0.320. The molecule has 0 fully saturated rings. The number of hydrogen-bond acceptors (Lipinski definition) is 14. The second-order valence-electron chi connectivity index (χ2n) is 31.2. The number of nitrogens with one attached hydrogen (secondary N) is 6. The molecular formula is C100H110N20O4. The molecule has 0 aliphatic carbocycles. The van der Waals surface area contributed by atoms with Gasteiger partial charge in [0.15, 0.2) is 0 Å². The quantitative estimate of drug-likeness (QED) is 0.00905. The third-order valence-electron chi connectivity index (χ3n) is 22.1. The van der Waals surface area contributed by atoms with Gasteiger partial charge >= 0.3 is 0 Å².